The third-order valence-corrected chi connectivity index (χ3v) is 14.5. The summed E-state index contributed by atoms with van der Waals surface area (Å²) in [5, 5.41) is 9.23. The molecular formula is C48H55Cl2FN6O6. The molecule has 8 rings (SSSR count). The Bertz CT molecular complexity index is 2360. The van der Waals surface area contributed by atoms with Gasteiger partial charge in [-0.2, -0.15) is 0 Å². The smallest absolute Gasteiger partial charge is 0.255 e. The van der Waals surface area contributed by atoms with Crippen LogP contribution in [-0.4, -0.2) is 71.1 Å². The number of carbonyl (C=O) groups is 6. The van der Waals surface area contributed by atoms with Gasteiger partial charge >= 0.3 is 0 Å². The van der Waals surface area contributed by atoms with Gasteiger partial charge in [0.05, 0.1) is 11.1 Å². The van der Waals surface area contributed by atoms with Gasteiger partial charge in [-0.1, -0.05) is 80.7 Å². The number of fused-ring (bicyclic) bond motifs is 3. The minimum absolute atomic E-state index is 0.0138. The molecule has 63 heavy (non-hydrogen) atoms. The summed E-state index contributed by atoms with van der Waals surface area (Å²) >= 11 is 13.0. The average Bonchev–Trinajstić information content (AvgIpc) is 3.83. The van der Waals surface area contributed by atoms with Crippen molar-refractivity contribution < 1.29 is 33.2 Å². The number of primary amides is 1. The number of nitrogens with one attached hydrogen (secondary N) is 3. The molecule has 5 N–H and O–H groups in total. The van der Waals surface area contributed by atoms with Crippen molar-refractivity contribution in [1.29, 1.82) is 0 Å². The number of piperidine rings is 1. The van der Waals surface area contributed by atoms with E-state index in [4.69, 9.17) is 28.9 Å². The summed E-state index contributed by atoms with van der Waals surface area (Å²) < 4.78 is 16.2. The van der Waals surface area contributed by atoms with Gasteiger partial charge in [-0.3, -0.25) is 34.1 Å². The second kappa shape index (κ2) is 17.6. The number of nitrogens with two attached hydrogens (primary N) is 1. The number of unbranched alkanes of at least 4 members (excludes halogenated alkanes) is 2. The Labute approximate surface area is 377 Å². The lowest BCUT2D eigenvalue weighted by atomic mass is 9.62. The van der Waals surface area contributed by atoms with Crippen LogP contribution in [0.2, 0.25) is 10.0 Å². The molecule has 4 heterocycles. The molecule has 334 valence electrons. The normalized spacial score (nSPS) is 26.9. The number of carbonyl (C=O) groups excluding carboxylic acids is 6. The fourth-order valence-corrected chi connectivity index (χ4v) is 11.5. The first-order valence-electron chi connectivity index (χ1n) is 22.2. The Hall–Kier alpha value is -4.85. The number of anilines is 1. The standard InChI is InChI=1S/C48H55Cl2FN6O6/c1-47(2,3)24-37-48(39(41(54-37)42(52)59)31-12-8-13-34(50)40(31)51)33-19-16-28(49)23-36(33)57(46(48)63)29-17-14-27(15-18-29)43(60)53-22-6-4-5-9-26-10-7-11-30-32(26)25-56(45(30)62)35-20-21-38(58)55-44(35)61/h7-8,10-13,16,19,23,27,29,35,37,39,41,54H,4-6,9,14-15,17-18,20-22,24-25H2,1-3H3,(H2,52,59)(H,53,60)(H,55,58,61)/t27?,29?,35?,37-,39-,41+,48+/m0/s1. The fourth-order valence-electron chi connectivity index (χ4n) is 11.1. The monoisotopic (exact) mass is 900 g/mol. The second-order valence-corrected chi connectivity index (χ2v) is 20.0. The van der Waals surface area contributed by atoms with Crippen molar-refractivity contribution >= 4 is 64.3 Å². The Balaban J connectivity index is 0.906. The molecule has 0 radical (unpaired) electrons. The summed E-state index contributed by atoms with van der Waals surface area (Å²) in [5.41, 5.74) is 8.38. The lowest BCUT2D eigenvalue weighted by Gasteiger charge is -2.40. The van der Waals surface area contributed by atoms with Crippen LogP contribution in [0.5, 0.6) is 0 Å². The first-order chi connectivity index (χ1) is 30.0. The highest BCUT2D eigenvalue weighted by Crippen LogP contribution is 2.60. The van der Waals surface area contributed by atoms with Gasteiger partial charge in [0.1, 0.15) is 17.3 Å². The molecule has 3 aromatic carbocycles. The molecule has 1 spiro atoms. The summed E-state index contributed by atoms with van der Waals surface area (Å²) in [6.07, 6.45) is 6.52. The molecular weight excluding hydrogens is 846 g/mol. The maximum absolute atomic E-state index is 16.2. The van der Waals surface area contributed by atoms with E-state index in [1.54, 1.807) is 40.1 Å². The number of halogens is 3. The highest BCUT2D eigenvalue weighted by atomic mass is 35.5. The van der Waals surface area contributed by atoms with E-state index in [2.05, 4.69) is 36.7 Å². The zero-order valence-electron chi connectivity index (χ0n) is 35.9. The summed E-state index contributed by atoms with van der Waals surface area (Å²) in [4.78, 5) is 83.1. The van der Waals surface area contributed by atoms with Crippen LogP contribution in [0.25, 0.3) is 0 Å². The highest BCUT2D eigenvalue weighted by molar-refractivity contribution is 6.31. The zero-order chi connectivity index (χ0) is 45.0. The van der Waals surface area contributed by atoms with Crippen molar-refractivity contribution in [3.63, 3.8) is 0 Å². The lowest BCUT2D eigenvalue weighted by Crippen LogP contribution is -2.54. The second-order valence-electron chi connectivity index (χ2n) is 19.1. The molecule has 4 aliphatic heterocycles. The zero-order valence-corrected chi connectivity index (χ0v) is 37.4. The van der Waals surface area contributed by atoms with E-state index in [0.717, 1.165) is 36.8 Å². The minimum Gasteiger partial charge on any atom is -0.368 e. The minimum atomic E-state index is -1.42. The number of amides is 6. The van der Waals surface area contributed by atoms with Crippen LogP contribution in [0, 0.1) is 17.2 Å². The first kappa shape index (κ1) is 44.7. The quantitative estimate of drug-likeness (QED) is 0.117. The highest BCUT2D eigenvalue weighted by Gasteiger charge is 2.68. The molecule has 3 aromatic rings. The SMILES string of the molecule is CC(C)(C)C[C@@H]1N[C@@H](C(N)=O)[C@H](c2cccc(Cl)c2F)[C@]12C(=O)N(C1CCC(C(=O)NCCCCCc3cccc4c3CN(C3CCC(=O)NC3=O)C4=O)CC1)c1cc(Cl)ccc12. The Morgan fingerprint density at radius 3 is 2.41 bits per heavy atom. The summed E-state index contributed by atoms with van der Waals surface area (Å²) in [6.45, 7) is 7.04. The van der Waals surface area contributed by atoms with Gasteiger partial charge in [0, 0.05) is 59.7 Å². The van der Waals surface area contributed by atoms with Gasteiger partial charge in [0.2, 0.25) is 29.5 Å². The van der Waals surface area contributed by atoms with Crippen LogP contribution >= 0.6 is 23.2 Å². The van der Waals surface area contributed by atoms with Gasteiger partial charge in [-0.15, -0.1) is 0 Å². The van der Waals surface area contributed by atoms with E-state index in [0.29, 0.717) is 73.5 Å². The van der Waals surface area contributed by atoms with Gasteiger partial charge in [-0.25, -0.2) is 4.39 Å². The van der Waals surface area contributed by atoms with E-state index in [9.17, 15) is 24.0 Å². The number of aryl methyl sites for hydroxylation is 1. The van der Waals surface area contributed by atoms with Crippen LogP contribution in [0.15, 0.2) is 54.6 Å². The van der Waals surface area contributed by atoms with Gasteiger partial charge in [-0.05, 0) is 110 Å². The maximum atomic E-state index is 16.2. The van der Waals surface area contributed by atoms with E-state index < -0.39 is 47.1 Å². The Morgan fingerprint density at radius 2 is 1.70 bits per heavy atom. The number of imide groups is 1. The molecule has 5 aliphatic rings. The van der Waals surface area contributed by atoms with E-state index in [-0.39, 0.29) is 58.0 Å². The first-order valence-corrected chi connectivity index (χ1v) is 22.9. The molecule has 12 nitrogen and oxygen atoms in total. The summed E-state index contributed by atoms with van der Waals surface area (Å²) in [5.74, 6) is -3.81. The molecule has 2 saturated heterocycles. The van der Waals surface area contributed by atoms with E-state index in [1.807, 2.05) is 18.2 Å². The van der Waals surface area contributed by atoms with Gasteiger partial charge in [0.25, 0.3) is 5.91 Å². The van der Waals surface area contributed by atoms with E-state index >= 15 is 9.18 Å². The number of rotatable bonds is 12. The van der Waals surface area contributed by atoms with Crippen LogP contribution in [0.4, 0.5) is 10.1 Å². The number of nitrogens with zero attached hydrogens (tertiary/aromatic N) is 2. The molecule has 3 fully saturated rings. The molecule has 1 aliphatic carbocycles. The third kappa shape index (κ3) is 8.25. The molecule has 15 heteroatoms. The lowest BCUT2D eigenvalue weighted by molar-refractivity contribution is -0.137. The molecule has 0 bridgehead atoms. The van der Waals surface area contributed by atoms with Gasteiger partial charge in [0.15, 0.2) is 0 Å². The summed E-state index contributed by atoms with van der Waals surface area (Å²) in [7, 11) is 0. The average molecular weight is 902 g/mol. The fraction of sp³-hybridized carbons (Fsp3) is 0.500. The predicted molar refractivity (Wildman–Crippen MR) is 238 cm³/mol. The number of benzene rings is 3. The van der Waals surface area contributed by atoms with Crippen LogP contribution in [-0.2, 0) is 42.4 Å². The third-order valence-electron chi connectivity index (χ3n) is 14.0. The molecule has 6 amide bonds. The van der Waals surface area contributed by atoms with Gasteiger partial charge < -0.3 is 26.2 Å². The number of hydrogen-bond acceptors (Lipinski definition) is 7. The van der Waals surface area contributed by atoms with Crippen LogP contribution in [0.1, 0.15) is 124 Å². The molecule has 5 atom stereocenters. The Kier molecular flexibility index (Phi) is 12.5. The topological polar surface area (TPSA) is 171 Å². The largest absolute Gasteiger partial charge is 0.368 e. The maximum Gasteiger partial charge on any atom is 0.255 e. The van der Waals surface area contributed by atoms with Crippen molar-refractivity contribution in [3.8, 4) is 0 Å². The predicted octanol–water partition coefficient (Wildman–Crippen LogP) is 6.61. The van der Waals surface area contributed by atoms with Crippen molar-refractivity contribution in [2.75, 3.05) is 11.4 Å². The molecule has 1 unspecified atom stereocenters. The number of hydrogen-bond donors (Lipinski definition) is 4. The van der Waals surface area contributed by atoms with Crippen LogP contribution in [0.3, 0.4) is 0 Å². The van der Waals surface area contributed by atoms with Crippen molar-refractivity contribution in [2.24, 2.45) is 17.1 Å². The van der Waals surface area contributed by atoms with Crippen molar-refractivity contribution in [1.82, 2.24) is 20.9 Å². The van der Waals surface area contributed by atoms with Crippen molar-refractivity contribution in [3.05, 3.63) is 98.3 Å². The molecule has 0 aromatic heterocycles. The Morgan fingerprint density at radius 1 is 0.952 bits per heavy atom. The van der Waals surface area contributed by atoms with E-state index in [1.165, 1.54) is 6.07 Å². The van der Waals surface area contributed by atoms with Crippen LogP contribution < -0.4 is 26.6 Å². The van der Waals surface area contributed by atoms with Crippen molar-refractivity contribution in [2.45, 2.75) is 133 Å². The summed E-state index contributed by atoms with van der Waals surface area (Å²) in [6, 6.07) is 13.1. The molecule has 1 saturated carbocycles.